The van der Waals surface area contributed by atoms with E-state index in [9.17, 15) is 14.9 Å². The Morgan fingerprint density at radius 2 is 1.91 bits per heavy atom. The predicted octanol–water partition coefficient (Wildman–Crippen LogP) is 4.44. The fourth-order valence-electron chi connectivity index (χ4n) is 3.06. The summed E-state index contributed by atoms with van der Waals surface area (Å²) >= 11 is 7.24. The molecule has 1 N–H and O–H groups in total. The molecular formula is C23H18ClN7O3S. The highest BCUT2D eigenvalue weighted by Gasteiger charge is 2.17. The molecule has 2 heterocycles. The second kappa shape index (κ2) is 10.9. The molecule has 0 spiro atoms. The number of non-ortho nitro benzene ring substituents is 1. The first-order valence-electron chi connectivity index (χ1n) is 10.2. The van der Waals surface area contributed by atoms with E-state index in [0.717, 1.165) is 16.8 Å². The highest BCUT2D eigenvalue weighted by Crippen LogP contribution is 2.28. The number of amides is 1. The van der Waals surface area contributed by atoms with Gasteiger partial charge in [-0.25, -0.2) is 5.43 Å². The minimum atomic E-state index is -0.534. The molecule has 0 unspecified atom stereocenters. The minimum absolute atomic E-state index is 0.0142. The maximum absolute atomic E-state index is 12.4. The number of pyridine rings is 1. The third-order valence-electron chi connectivity index (χ3n) is 4.78. The third kappa shape index (κ3) is 5.89. The van der Waals surface area contributed by atoms with Crippen LogP contribution in [0.5, 0.6) is 0 Å². The molecule has 0 aliphatic carbocycles. The van der Waals surface area contributed by atoms with Crippen LogP contribution in [0.1, 0.15) is 11.1 Å². The monoisotopic (exact) mass is 507 g/mol. The van der Waals surface area contributed by atoms with Gasteiger partial charge in [-0.05, 0) is 37.3 Å². The zero-order valence-electron chi connectivity index (χ0n) is 18.3. The lowest BCUT2D eigenvalue weighted by atomic mass is 10.2. The predicted molar refractivity (Wildman–Crippen MR) is 134 cm³/mol. The van der Waals surface area contributed by atoms with E-state index in [0.29, 0.717) is 16.5 Å². The molecule has 2 aromatic carbocycles. The Morgan fingerprint density at radius 3 is 2.63 bits per heavy atom. The summed E-state index contributed by atoms with van der Waals surface area (Å²) in [5.41, 5.74) is 5.39. The summed E-state index contributed by atoms with van der Waals surface area (Å²) in [5.74, 6) is 0.245. The van der Waals surface area contributed by atoms with E-state index in [4.69, 9.17) is 11.6 Å². The van der Waals surface area contributed by atoms with Crippen molar-refractivity contribution < 1.29 is 9.72 Å². The van der Waals surface area contributed by atoms with Gasteiger partial charge in [-0.3, -0.25) is 24.5 Å². The summed E-state index contributed by atoms with van der Waals surface area (Å²) < 4.78 is 1.87. The van der Waals surface area contributed by atoms with Crippen molar-refractivity contribution in [2.45, 2.75) is 12.1 Å². The smallest absolute Gasteiger partial charge is 0.270 e. The highest BCUT2D eigenvalue weighted by molar-refractivity contribution is 7.99. The number of hydrogen-bond donors (Lipinski definition) is 1. The summed E-state index contributed by atoms with van der Waals surface area (Å²) in [6.07, 6.45) is 4.61. The summed E-state index contributed by atoms with van der Waals surface area (Å²) in [4.78, 5) is 26.8. The van der Waals surface area contributed by atoms with Gasteiger partial charge in [0.2, 0.25) is 0 Å². The van der Waals surface area contributed by atoms with Crippen LogP contribution in [0.25, 0.3) is 17.1 Å². The lowest BCUT2D eigenvalue weighted by Gasteiger charge is -2.10. The van der Waals surface area contributed by atoms with Gasteiger partial charge in [0, 0.05) is 46.4 Å². The number of thioether (sulfide) groups is 1. The first kappa shape index (κ1) is 24.0. The number of nitrogens with zero attached hydrogens (tertiary/aromatic N) is 6. The van der Waals surface area contributed by atoms with Crippen molar-refractivity contribution in [1.29, 1.82) is 0 Å². The molecule has 35 heavy (non-hydrogen) atoms. The molecule has 4 rings (SSSR count). The Morgan fingerprint density at radius 1 is 1.17 bits per heavy atom. The maximum Gasteiger partial charge on any atom is 0.270 e. The molecule has 4 aromatic rings. The van der Waals surface area contributed by atoms with Gasteiger partial charge in [0.1, 0.15) is 0 Å². The van der Waals surface area contributed by atoms with E-state index in [1.54, 1.807) is 12.4 Å². The van der Waals surface area contributed by atoms with Gasteiger partial charge in [0.25, 0.3) is 11.6 Å². The molecule has 0 fully saturated rings. The van der Waals surface area contributed by atoms with Crippen LogP contribution in [0.15, 0.2) is 77.2 Å². The van der Waals surface area contributed by atoms with E-state index in [1.165, 1.54) is 36.2 Å². The van der Waals surface area contributed by atoms with Gasteiger partial charge in [0.05, 0.1) is 16.9 Å². The van der Waals surface area contributed by atoms with Crippen LogP contribution < -0.4 is 5.43 Å². The van der Waals surface area contributed by atoms with Crippen LogP contribution >= 0.6 is 23.4 Å². The molecule has 1 amide bonds. The van der Waals surface area contributed by atoms with Gasteiger partial charge in [-0.2, -0.15) is 5.10 Å². The average Bonchev–Trinajstić information content (AvgIpc) is 3.29. The number of aryl methyl sites for hydroxylation is 1. The molecule has 0 saturated heterocycles. The normalized spacial score (nSPS) is 11.0. The molecule has 0 aliphatic rings. The second-order valence-corrected chi connectivity index (χ2v) is 8.61. The summed E-state index contributed by atoms with van der Waals surface area (Å²) in [7, 11) is 0. The molecule has 0 aliphatic heterocycles. The highest BCUT2D eigenvalue weighted by atomic mass is 35.5. The topological polar surface area (TPSA) is 128 Å². The zero-order chi connectivity index (χ0) is 24.8. The molecule has 0 bridgehead atoms. The summed E-state index contributed by atoms with van der Waals surface area (Å²) in [6.45, 7) is 2.00. The SMILES string of the molecule is Cc1ccc(-n2c(SCC(=O)NN=Cc3cc([N+](=O)[O-])ccc3Cl)nnc2-c2ccncc2)cc1. The summed E-state index contributed by atoms with van der Waals surface area (Å²) in [5, 5.41) is 24.2. The van der Waals surface area contributed by atoms with E-state index in [1.807, 2.05) is 47.9 Å². The van der Waals surface area contributed by atoms with Crippen LogP contribution in [0.2, 0.25) is 5.02 Å². The second-order valence-electron chi connectivity index (χ2n) is 7.26. The van der Waals surface area contributed by atoms with Crippen molar-refractivity contribution in [2.75, 3.05) is 5.75 Å². The van der Waals surface area contributed by atoms with Gasteiger partial charge < -0.3 is 0 Å². The Labute approximate surface area is 209 Å². The van der Waals surface area contributed by atoms with Gasteiger partial charge >= 0.3 is 0 Å². The number of rotatable bonds is 8. The number of carbonyl (C=O) groups is 1. The Kier molecular flexibility index (Phi) is 7.48. The van der Waals surface area contributed by atoms with Crippen molar-refractivity contribution in [2.24, 2.45) is 5.10 Å². The number of carbonyl (C=O) groups excluding carboxylic acids is 1. The van der Waals surface area contributed by atoms with E-state index >= 15 is 0 Å². The number of aromatic nitrogens is 4. The summed E-state index contributed by atoms with van der Waals surface area (Å²) in [6, 6.07) is 15.5. The first-order valence-corrected chi connectivity index (χ1v) is 11.6. The number of hydrazone groups is 1. The molecule has 0 saturated carbocycles. The molecule has 0 radical (unpaired) electrons. The van der Waals surface area contributed by atoms with Crippen molar-refractivity contribution in [3.8, 4) is 17.1 Å². The molecular weight excluding hydrogens is 490 g/mol. The van der Waals surface area contributed by atoms with Gasteiger partial charge in [-0.15, -0.1) is 10.2 Å². The van der Waals surface area contributed by atoms with Crippen molar-refractivity contribution >= 4 is 41.2 Å². The molecule has 2 aromatic heterocycles. The largest absolute Gasteiger partial charge is 0.272 e. The minimum Gasteiger partial charge on any atom is -0.272 e. The van der Waals surface area contributed by atoms with Crippen LogP contribution in [0.3, 0.4) is 0 Å². The number of nitro groups is 1. The Bertz CT molecular complexity index is 1390. The zero-order valence-corrected chi connectivity index (χ0v) is 19.9. The van der Waals surface area contributed by atoms with Crippen LogP contribution in [-0.2, 0) is 4.79 Å². The van der Waals surface area contributed by atoms with E-state index in [-0.39, 0.29) is 16.5 Å². The maximum atomic E-state index is 12.4. The lowest BCUT2D eigenvalue weighted by Crippen LogP contribution is -2.20. The van der Waals surface area contributed by atoms with Crippen LogP contribution in [0, 0.1) is 17.0 Å². The van der Waals surface area contributed by atoms with E-state index < -0.39 is 10.8 Å². The van der Waals surface area contributed by atoms with Crippen LogP contribution in [0.4, 0.5) is 5.69 Å². The lowest BCUT2D eigenvalue weighted by molar-refractivity contribution is -0.384. The third-order valence-corrected chi connectivity index (χ3v) is 6.05. The Hall–Kier alpha value is -4.09. The number of hydrogen-bond acceptors (Lipinski definition) is 8. The van der Waals surface area contributed by atoms with Crippen molar-refractivity contribution in [1.82, 2.24) is 25.2 Å². The van der Waals surface area contributed by atoms with Crippen molar-refractivity contribution in [3.05, 3.63) is 93.3 Å². The molecule has 176 valence electrons. The number of nitro benzene ring substituents is 1. The van der Waals surface area contributed by atoms with Crippen LogP contribution in [-0.4, -0.2) is 42.5 Å². The van der Waals surface area contributed by atoms with E-state index in [2.05, 4.69) is 25.7 Å². The number of benzene rings is 2. The Balaban J connectivity index is 1.49. The number of nitrogens with one attached hydrogen (secondary N) is 1. The molecule has 10 nitrogen and oxygen atoms in total. The number of halogens is 1. The quantitative estimate of drug-likeness (QED) is 0.161. The molecule has 12 heteroatoms. The molecule has 0 atom stereocenters. The average molecular weight is 508 g/mol. The fourth-order valence-corrected chi connectivity index (χ4v) is 3.97. The fraction of sp³-hybridized carbons (Fsp3) is 0.0870. The standard InChI is InChI=1S/C23H18ClN7O3S/c1-15-2-4-18(5-3-15)30-22(16-8-10-25-11-9-16)28-29-23(30)35-14-21(32)27-26-13-17-12-19(31(33)34)6-7-20(17)24/h2-13H,14H2,1H3,(H,27,32). The van der Waals surface area contributed by atoms with Gasteiger partial charge in [-0.1, -0.05) is 41.1 Å². The van der Waals surface area contributed by atoms with Gasteiger partial charge in [0.15, 0.2) is 11.0 Å². The van der Waals surface area contributed by atoms with Crippen molar-refractivity contribution in [3.63, 3.8) is 0 Å². The first-order chi connectivity index (χ1) is 16.9.